The van der Waals surface area contributed by atoms with E-state index in [-0.39, 0.29) is 24.7 Å². The van der Waals surface area contributed by atoms with Crippen molar-refractivity contribution in [2.75, 3.05) is 13.8 Å². The molecule has 1 amide bonds. The lowest BCUT2D eigenvalue weighted by Gasteiger charge is -2.23. The summed E-state index contributed by atoms with van der Waals surface area (Å²) in [6.45, 7) is 4.49. The van der Waals surface area contributed by atoms with Crippen LogP contribution in [0.2, 0.25) is 0 Å². The van der Waals surface area contributed by atoms with Crippen molar-refractivity contribution < 1.29 is 14.3 Å². The molecule has 0 spiro atoms. The normalized spacial score (nSPS) is 16.0. The standard InChI is InChI=1S/C14H20N2O3/c1-9(10(2)15)14(17)16(3)7-11-4-5-12-13(6-11)19-8-18-12/h4-6,9-10H,7-8,15H2,1-3H3. The maximum Gasteiger partial charge on any atom is 0.231 e. The third-order valence-electron chi connectivity index (χ3n) is 3.41. The van der Waals surface area contributed by atoms with Crippen molar-refractivity contribution >= 4 is 5.91 Å². The zero-order chi connectivity index (χ0) is 14.0. The van der Waals surface area contributed by atoms with E-state index in [1.54, 1.807) is 11.9 Å². The highest BCUT2D eigenvalue weighted by Gasteiger charge is 2.21. The number of fused-ring (bicyclic) bond motifs is 1. The molecule has 2 rings (SSSR count). The fourth-order valence-corrected chi connectivity index (χ4v) is 1.96. The number of carbonyl (C=O) groups excluding carboxylic acids is 1. The van der Waals surface area contributed by atoms with Gasteiger partial charge in [0.15, 0.2) is 11.5 Å². The van der Waals surface area contributed by atoms with Gasteiger partial charge in [-0.2, -0.15) is 0 Å². The molecule has 2 unspecified atom stereocenters. The van der Waals surface area contributed by atoms with Crippen molar-refractivity contribution in [3.05, 3.63) is 23.8 Å². The number of rotatable bonds is 4. The van der Waals surface area contributed by atoms with E-state index in [0.717, 1.165) is 17.1 Å². The summed E-state index contributed by atoms with van der Waals surface area (Å²) < 4.78 is 10.6. The monoisotopic (exact) mass is 264 g/mol. The maximum absolute atomic E-state index is 12.1. The van der Waals surface area contributed by atoms with Gasteiger partial charge in [-0.3, -0.25) is 4.79 Å². The van der Waals surface area contributed by atoms with Gasteiger partial charge in [0.2, 0.25) is 12.7 Å². The molecule has 0 saturated heterocycles. The average Bonchev–Trinajstić information content (AvgIpc) is 2.84. The van der Waals surface area contributed by atoms with Crippen LogP contribution >= 0.6 is 0 Å². The Morgan fingerprint density at radius 2 is 2.05 bits per heavy atom. The summed E-state index contributed by atoms with van der Waals surface area (Å²) in [5.41, 5.74) is 6.77. The number of amides is 1. The first-order chi connectivity index (χ1) is 8.99. The maximum atomic E-state index is 12.1. The number of hydrogen-bond acceptors (Lipinski definition) is 4. The minimum Gasteiger partial charge on any atom is -0.454 e. The summed E-state index contributed by atoms with van der Waals surface area (Å²) >= 11 is 0. The number of nitrogens with two attached hydrogens (primary N) is 1. The van der Waals surface area contributed by atoms with Crippen molar-refractivity contribution in [3.8, 4) is 11.5 Å². The van der Waals surface area contributed by atoms with Crippen LogP contribution in [0.15, 0.2) is 18.2 Å². The highest BCUT2D eigenvalue weighted by atomic mass is 16.7. The molecule has 5 heteroatoms. The fraction of sp³-hybridized carbons (Fsp3) is 0.500. The van der Waals surface area contributed by atoms with E-state index in [2.05, 4.69) is 0 Å². The van der Waals surface area contributed by atoms with Crippen molar-refractivity contribution in [2.24, 2.45) is 11.7 Å². The van der Waals surface area contributed by atoms with Gasteiger partial charge in [0.05, 0.1) is 5.92 Å². The molecular weight excluding hydrogens is 244 g/mol. The molecule has 104 valence electrons. The van der Waals surface area contributed by atoms with Crippen LogP contribution in [0.4, 0.5) is 0 Å². The molecule has 0 saturated carbocycles. The van der Waals surface area contributed by atoms with Gasteiger partial charge in [-0.15, -0.1) is 0 Å². The smallest absolute Gasteiger partial charge is 0.231 e. The molecule has 0 bridgehead atoms. The second-order valence-electron chi connectivity index (χ2n) is 5.03. The predicted molar refractivity (Wildman–Crippen MR) is 71.9 cm³/mol. The van der Waals surface area contributed by atoms with Gasteiger partial charge in [0.1, 0.15) is 0 Å². The molecule has 0 fully saturated rings. The van der Waals surface area contributed by atoms with Crippen LogP contribution in [0.25, 0.3) is 0 Å². The van der Waals surface area contributed by atoms with Crippen molar-refractivity contribution in [1.82, 2.24) is 4.90 Å². The second kappa shape index (κ2) is 5.48. The number of carbonyl (C=O) groups is 1. The Bertz CT molecular complexity index is 474. The lowest BCUT2D eigenvalue weighted by atomic mass is 10.0. The molecule has 0 radical (unpaired) electrons. The Labute approximate surface area is 113 Å². The number of nitrogens with zero attached hydrogens (tertiary/aromatic N) is 1. The van der Waals surface area contributed by atoms with Crippen molar-refractivity contribution in [1.29, 1.82) is 0 Å². The summed E-state index contributed by atoms with van der Waals surface area (Å²) in [4.78, 5) is 13.8. The zero-order valence-electron chi connectivity index (χ0n) is 11.6. The molecule has 2 N–H and O–H groups in total. The van der Waals surface area contributed by atoms with Crippen molar-refractivity contribution in [3.63, 3.8) is 0 Å². The minimum atomic E-state index is -0.181. The number of hydrogen-bond donors (Lipinski definition) is 1. The molecule has 1 aliphatic heterocycles. The first kappa shape index (κ1) is 13.7. The average molecular weight is 264 g/mol. The van der Waals surface area contributed by atoms with Gasteiger partial charge in [-0.1, -0.05) is 13.0 Å². The SMILES string of the molecule is CC(N)C(C)C(=O)N(C)Cc1ccc2c(c1)OCO2. The summed E-state index contributed by atoms with van der Waals surface area (Å²) in [5, 5.41) is 0. The Balaban J connectivity index is 2.03. The quantitative estimate of drug-likeness (QED) is 0.891. The molecule has 19 heavy (non-hydrogen) atoms. The fourth-order valence-electron chi connectivity index (χ4n) is 1.96. The van der Waals surface area contributed by atoms with Crippen LogP contribution in [0, 0.1) is 5.92 Å². The van der Waals surface area contributed by atoms with E-state index in [4.69, 9.17) is 15.2 Å². The third kappa shape index (κ3) is 2.98. The van der Waals surface area contributed by atoms with Crippen molar-refractivity contribution in [2.45, 2.75) is 26.4 Å². The predicted octanol–water partition coefficient (Wildman–Crippen LogP) is 1.36. The van der Waals surface area contributed by atoms with Crippen LogP contribution < -0.4 is 15.2 Å². The van der Waals surface area contributed by atoms with E-state index in [1.807, 2.05) is 32.0 Å². The van der Waals surface area contributed by atoms with E-state index >= 15 is 0 Å². The molecule has 1 aliphatic rings. The van der Waals surface area contributed by atoms with Gasteiger partial charge in [0.25, 0.3) is 0 Å². The molecule has 5 nitrogen and oxygen atoms in total. The molecule has 0 aliphatic carbocycles. The first-order valence-corrected chi connectivity index (χ1v) is 6.38. The summed E-state index contributed by atoms with van der Waals surface area (Å²) in [5.74, 6) is 1.35. The Morgan fingerprint density at radius 3 is 2.74 bits per heavy atom. The molecule has 1 aromatic rings. The largest absolute Gasteiger partial charge is 0.454 e. The lowest BCUT2D eigenvalue weighted by molar-refractivity contribution is -0.134. The lowest BCUT2D eigenvalue weighted by Crippen LogP contribution is -2.39. The van der Waals surface area contributed by atoms with E-state index in [1.165, 1.54) is 0 Å². The molecule has 0 aromatic heterocycles. The Kier molecular flexibility index (Phi) is 3.95. The van der Waals surface area contributed by atoms with Gasteiger partial charge < -0.3 is 20.1 Å². The number of ether oxygens (including phenoxy) is 2. The van der Waals surface area contributed by atoms with Gasteiger partial charge in [-0.05, 0) is 24.6 Å². The summed E-state index contributed by atoms with van der Waals surface area (Å²) in [7, 11) is 1.78. The van der Waals surface area contributed by atoms with Crippen LogP contribution in [0.5, 0.6) is 11.5 Å². The second-order valence-corrected chi connectivity index (χ2v) is 5.03. The van der Waals surface area contributed by atoms with E-state index in [0.29, 0.717) is 6.54 Å². The first-order valence-electron chi connectivity index (χ1n) is 6.38. The van der Waals surface area contributed by atoms with Gasteiger partial charge >= 0.3 is 0 Å². The summed E-state index contributed by atoms with van der Waals surface area (Å²) in [6, 6.07) is 5.56. The minimum absolute atomic E-state index is 0.0488. The highest BCUT2D eigenvalue weighted by molar-refractivity contribution is 5.78. The topological polar surface area (TPSA) is 64.8 Å². The zero-order valence-corrected chi connectivity index (χ0v) is 11.6. The van der Waals surface area contributed by atoms with Gasteiger partial charge in [0, 0.05) is 19.6 Å². The molecular formula is C14H20N2O3. The summed E-state index contributed by atoms with van der Waals surface area (Å²) in [6.07, 6.45) is 0. The van der Waals surface area contributed by atoms with Gasteiger partial charge in [-0.25, -0.2) is 0 Å². The van der Waals surface area contributed by atoms with Crippen LogP contribution in [0.3, 0.4) is 0 Å². The van der Waals surface area contributed by atoms with E-state index < -0.39 is 0 Å². The van der Waals surface area contributed by atoms with Crippen LogP contribution in [-0.4, -0.2) is 30.7 Å². The number of benzene rings is 1. The Morgan fingerprint density at radius 1 is 1.37 bits per heavy atom. The molecule has 1 aromatic carbocycles. The van der Waals surface area contributed by atoms with Crippen LogP contribution in [0.1, 0.15) is 19.4 Å². The third-order valence-corrected chi connectivity index (χ3v) is 3.41. The van der Waals surface area contributed by atoms with E-state index in [9.17, 15) is 4.79 Å². The Hall–Kier alpha value is -1.75. The molecule has 1 heterocycles. The molecule has 2 atom stereocenters. The van der Waals surface area contributed by atoms with Crippen LogP contribution in [-0.2, 0) is 11.3 Å². The highest BCUT2D eigenvalue weighted by Crippen LogP contribution is 2.32.